The van der Waals surface area contributed by atoms with Gasteiger partial charge in [0, 0.05) is 67.5 Å². The lowest BCUT2D eigenvalue weighted by atomic mass is 10.00. The van der Waals surface area contributed by atoms with E-state index in [9.17, 15) is 9.59 Å². The zero-order valence-electron chi connectivity index (χ0n) is 27.4. The fraction of sp³-hybridized carbons (Fsp3) is 0.606. The fourth-order valence-corrected chi connectivity index (χ4v) is 6.71. The lowest BCUT2D eigenvalue weighted by Gasteiger charge is -2.42. The highest BCUT2D eigenvalue weighted by Gasteiger charge is 2.52. The molecule has 2 aromatic heterocycles. The molecule has 5 rings (SSSR count). The average molecular weight is 612 g/mol. The number of hydrogen-bond donors (Lipinski definition) is 0. The fourth-order valence-electron chi connectivity index (χ4n) is 6.46. The molecule has 1 aromatic carbocycles. The lowest BCUT2D eigenvalue weighted by molar-refractivity contribution is -0.00215. The number of carbonyl (C=O) groups is 2. The Morgan fingerprint density at radius 3 is 2.16 bits per heavy atom. The molecular formula is C33H46ClN5O4. The summed E-state index contributed by atoms with van der Waals surface area (Å²) < 4.78 is 15.6. The van der Waals surface area contributed by atoms with E-state index in [-0.39, 0.29) is 17.6 Å². The smallest absolute Gasteiger partial charge is 0.410 e. The molecule has 3 aromatic rings. The Hall–Kier alpha value is -3.04. The Labute approximate surface area is 260 Å². The molecule has 43 heavy (non-hydrogen) atoms. The highest BCUT2D eigenvalue weighted by atomic mass is 35.5. The predicted octanol–water partition coefficient (Wildman–Crippen LogP) is 6.66. The first-order valence-electron chi connectivity index (χ1n) is 15.2. The van der Waals surface area contributed by atoms with Crippen LogP contribution in [0, 0.1) is 20.8 Å². The van der Waals surface area contributed by atoms with Gasteiger partial charge in [-0.15, -0.1) is 0 Å². The number of fused-ring (bicyclic) bond motifs is 1. The number of benzene rings is 1. The van der Waals surface area contributed by atoms with Crippen molar-refractivity contribution in [2.24, 2.45) is 7.05 Å². The number of aromatic nitrogens is 3. The highest BCUT2D eigenvalue weighted by Crippen LogP contribution is 2.45. The predicted molar refractivity (Wildman–Crippen MR) is 170 cm³/mol. The second kappa shape index (κ2) is 10.8. The zero-order chi connectivity index (χ0) is 31.6. The van der Waals surface area contributed by atoms with E-state index in [0.717, 1.165) is 64.9 Å². The molecule has 2 fully saturated rings. The van der Waals surface area contributed by atoms with E-state index in [0.29, 0.717) is 30.4 Å². The first-order valence-corrected chi connectivity index (χ1v) is 15.6. The van der Waals surface area contributed by atoms with Crippen LogP contribution in [0.15, 0.2) is 12.1 Å². The van der Waals surface area contributed by atoms with Crippen molar-refractivity contribution in [1.82, 2.24) is 24.1 Å². The van der Waals surface area contributed by atoms with Gasteiger partial charge in [0.15, 0.2) is 0 Å². The molecule has 3 heterocycles. The molecule has 1 spiro atoms. The summed E-state index contributed by atoms with van der Waals surface area (Å²) in [7, 11) is 1.93. The number of carbonyl (C=O) groups excluding carboxylic acids is 2. The third kappa shape index (κ3) is 6.03. The van der Waals surface area contributed by atoms with Crippen LogP contribution in [0.5, 0.6) is 0 Å². The lowest BCUT2D eigenvalue weighted by Crippen LogP contribution is -2.57. The molecule has 0 N–H and O–H groups in total. The molecule has 2 aliphatic rings. The third-order valence-corrected chi connectivity index (χ3v) is 8.96. The monoisotopic (exact) mass is 611 g/mol. The molecule has 10 heteroatoms. The number of piperazine rings is 1. The first kappa shape index (κ1) is 31.4. The van der Waals surface area contributed by atoms with Gasteiger partial charge < -0.3 is 18.9 Å². The molecule has 0 bridgehead atoms. The first-order chi connectivity index (χ1) is 19.9. The molecule has 1 saturated carbocycles. The van der Waals surface area contributed by atoms with Crippen LogP contribution in [0.2, 0.25) is 5.02 Å². The number of amides is 1. The zero-order valence-corrected chi connectivity index (χ0v) is 28.1. The van der Waals surface area contributed by atoms with E-state index in [1.165, 1.54) is 0 Å². The van der Waals surface area contributed by atoms with Crippen LogP contribution in [-0.2, 0) is 23.1 Å². The summed E-state index contributed by atoms with van der Waals surface area (Å²) in [4.78, 5) is 31.0. The summed E-state index contributed by atoms with van der Waals surface area (Å²) >= 11 is 6.98. The van der Waals surface area contributed by atoms with Crippen LogP contribution in [0.25, 0.3) is 22.0 Å². The molecule has 1 saturated heterocycles. The summed E-state index contributed by atoms with van der Waals surface area (Å²) in [5.74, 6) is -0.348. The van der Waals surface area contributed by atoms with Crippen molar-refractivity contribution < 1.29 is 19.1 Å². The van der Waals surface area contributed by atoms with Crippen molar-refractivity contribution >= 4 is 34.6 Å². The van der Waals surface area contributed by atoms with Gasteiger partial charge in [-0.05, 0) is 86.8 Å². The van der Waals surface area contributed by atoms with Gasteiger partial charge in [0.25, 0.3) is 0 Å². The Kier molecular flexibility index (Phi) is 7.91. The SMILES string of the molecule is Cc1nn(C)c(C)c1-c1c(Cl)ccc2c(C)c(C(=O)OC(C)(C)C)n(CCN3CCN(C(=O)OC(C)(C)C)CC34CC4)c12. The van der Waals surface area contributed by atoms with Gasteiger partial charge in [-0.2, -0.15) is 5.10 Å². The number of ether oxygens (including phenoxy) is 2. The van der Waals surface area contributed by atoms with Crippen molar-refractivity contribution in [3.05, 3.63) is 39.8 Å². The molecule has 1 aliphatic carbocycles. The Bertz CT molecular complexity index is 1590. The molecule has 234 valence electrons. The van der Waals surface area contributed by atoms with Crippen molar-refractivity contribution in [2.45, 2.75) is 98.4 Å². The van der Waals surface area contributed by atoms with Gasteiger partial charge in [0.05, 0.1) is 16.2 Å². The third-order valence-electron chi connectivity index (χ3n) is 8.65. The number of hydrogen-bond acceptors (Lipinski definition) is 6. The van der Waals surface area contributed by atoms with Crippen LogP contribution in [0.3, 0.4) is 0 Å². The Balaban J connectivity index is 1.55. The van der Waals surface area contributed by atoms with Gasteiger partial charge in [-0.3, -0.25) is 9.58 Å². The largest absolute Gasteiger partial charge is 0.455 e. The van der Waals surface area contributed by atoms with Crippen LogP contribution >= 0.6 is 11.6 Å². The molecule has 9 nitrogen and oxygen atoms in total. The van der Waals surface area contributed by atoms with E-state index in [4.69, 9.17) is 21.1 Å². The number of aryl methyl sites for hydroxylation is 3. The number of nitrogens with zero attached hydrogens (tertiary/aromatic N) is 5. The summed E-state index contributed by atoms with van der Waals surface area (Å²) in [6.07, 6.45) is 1.81. The summed E-state index contributed by atoms with van der Waals surface area (Å²) in [6, 6.07) is 3.92. The topological polar surface area (TPSA) is 81.8 Å². The second-order valence-electron chi connectivity index (χ2n) is 14.2. The minimum atomic E-state index is -0.641. The maximum atomic E-state index is 13.8. The summed E-state index contributed by atoms with van der Waals surface area (Å²) in [5.41, 5.74) is 4.87. The Morgan fingerprint density at radius 1 is 0.953 bits per heavy atom. The van der Waals surface area contributed by atoms with Gasteiger partial charge in [0.1, 0.15) is 16.9 Å². The van der Waals surface area contributed by atoms with Crippen molar-refractivity contribution in [3.63, 3.8) is 0 Å². The molecular weight excluding hydrogens is 566 g/mol. The standard InChI is InChI=1S/C33H46ClN5O4/c1-20-23-11-12-24(34)26(25-21(2)35-36(10)22(25)3)28(23)39(27(20)29(40)42-31(4,5)6)18-17-38-16-15-37(19-33(38)13-14-33)30(41)43-32(7,8)9/h11-12H,13-19H2,1-10H3. The van der Waals surface area contributed by atoms with Gasteiger partial charge in [-0.1, -0.05) is 17.7 Å². The minimum Gasteiger partial charge on any atom is -0.455 e. The average Bonchev–Trinajstić information content (AvgIpc) is 3.51. The van der Waals surface area contributed by atoms with E-state index in [2.05, 4.69) is 14.6 Å². The number of halogens is 1. The summed E-state index contributed by atoms with van der Waals surface area (Å²) in [5, 5.41) is 6.26. The van der Waals surface area contributed by atoms with Crippen molar-refractivity contribution in [3.8, 4) is 11.1 Å². The maximum Gasteiger partial charge on any atom is 0.410 e. The summed E-state index contributed by atoms with van der Waals surface area (Å²) in [6.45, 7) is 20.7. The van der Waals surface area contributed by atoms with Gasteiger partial charge in [-0.25, -0.2) is 9.59 Å². The van der Waals surface area contributed by atoms with Crippen LogP contribution in [-0.4, -0.2) is 79.1 Å². The molecule has 1 amide bonds. The second-order valence-corrected chi connectivity index (χ2v) is 14.6. The molecule has 0 atom stereocenters. The van der Waals surface area contributed by atoms with Gasteiger partial charge >= 0.3 is 12.1 Å². The normalized spacial score (nSPS) is 17.1. The molecule has 0 radical (unpaired) electrons. The number of esters is 1. The van der Waals surface area contributed by atoms with E-state index >= 15 is 0 Å². The van der Waals surface area contributed by atoms with E-state index in [1.807, 2.05) is 91.1 Å². The van der Waals surface area contributed by atoms with Crippen molar-refractivity contribution in [2.75, 3.05) is 26.2 Å². The Morgan fingerprint density at radius 2 is 1.60 bits per heavy atom. The number of rotatable bonds is 5. The van der Waals surface area contributed by atoms with Gasteiger partial charge in [0.2, 0.25) is 0 Å². The van der Waals surface area contributed by atoms with Crippen molar-refractivity contribution in [1.29, 1.82) is 0 Å². The van der Waals surface area contributed by atoms with E-state index < -0.39 is 11.2 Å². The highest BCUT2D eigenvalue weighted by molar-refractivity contribution is 6.35. The van der Waals surface area contributed by atoms with Crippen LogP contribution < -0.4 is 0 Å². The van der Waals surface area contributed by atoms with Crippen LogP contribution in [0.1, 0.15) is 81.8 Å². The molecule has 0 unspecified atom stereocenters. The van der Waals surface area contributed by atoms with E-state index in [1.54, 1.807) is 0 Å². The van der Waals surface area contributed by atoms with Crippen LogP contribution in [0.4, 0.5) is 4.79 Å². The maximum absolute atomic E-state index is 13.8. The minimum absolute atomic E-state index is 0.0593. The molecule has 1 aliphatic heterocycles. The quantitative estimate of drug-likeness (QED) is 0.300.